The second kappa shape index (κ2) is 22.1. The fourth-order valence-electron chi connectivity index (χ4n) is 6.19. The van der Waals surface area contributed by atoms with Gasteiger partial charge in [-0.15, -0.1) is 0 Å². The standard InChI is InChI=1S/C41H64F3N5O9/c1-39(2,3)56-32(50)18-17-30(37(54)58-41(7,8)9)49-38(55)48-29(36(53)57-40(4,5)6)12-10-11-19-46-35(52)31(22-25-20-27(42)33(44)28(43)21-25)47-34(51)26-15-13-24(23-45)14-16-26/h20-21,24,26,29-31H,10-19,22-23,45H2,1-9H3,(H,46,52)(H,47,51)(H2,48,49,55)/t24?,26?,29-,30-,31-/m0/s1. The van der Waals surface area contributed by atoms with Crippen LogP contribution in [0.4, 0.5) is 18.0 Å². The average molecular weight is 828 g/mol. The monoisotopic (exact) mass is 827 g/mol. The zero-order chi connectivity index (χ0) is 44.0. The largest absolute Gasteiger partial charge is 0.460 e. The predicted molar refractivity (Wildman–Crippen MR) is 209 cm³/mol. The first-order chi connectivity index (χ1) is 26.8. The minimum absolute atomic E-state index is 0.0352. The maximum atomic E-state index is 14.1. The highest BCUT2D eigenvalue weighted by molar-refractivity contribution is 5.89. The lowest BCUT2D eigenvalue weighted by Crippen LogP contribution is -2.53. The molecule has 0 saturated heterocycles. The lowest BCUT2D eigenvalue weighted by atomic mass is 9.81. The van der Waals surface area contributed by atoms with Crippen molar-refractivity contribution >= 4 is 35.8 Å². The average Bonchev–Trinajstić information content (AvgIpc) is 3.08. The third-order valence-corrected chi connectivity index (χ3v) is 8.94. The van der Waals surface area contributed by atoms with Gasteiger partial charge in [-0.25, -0.2) is 27.6 Å². The van der Waals surface area contributed by atoms with Crippen LogP contribution >= 0.6 is 0 Å². The molecule has 2 rings (SSSR count). The fourth-order valence-corrected chi connectivity index (χ4v) is 6.19. The van der Waals surface area contributed by atoms with Gasteiger partial charge >= 0.3 is 23.9 Å². The van der Waals surface area contributed by atoms with Gasteiger partial charge < -0.3 is 41.2 Å². The number of urea groups is 1. The molecule has 0 spiro atoms. The molecule has 1 aromatic carbocycles. The van der Waals surface area contributed by atoms with E-state index in [2.05, 4.69) is 21.3 Å². The summed E-state index contributed by atoms with van der Waals surface area (Å²) in [6, 6.07) is -3.05. The van der Waals surface area contributed by atoms with Gasteiger partial charge in [-0.3, -0.25) is 14.4 Å². The number of amides is 4. The van der Waals surface area contributed by atoms with E-state index in [1.807, 2.05) is 0 Å². The summed E-state index contributed by atoms with van der Waals surface area (Å²) < 4.78 is 58.1. The first kappa shape index (κ1) is 49.7. The Bertz CT molecular complexity index is 1560. The highest BCUT2D eigenvalue weighted by Crippen LogP contribution is 2.28. The van der Waals surface area contributed by atoms with Crippen LogP contribution in [0.15, 0.2) is 12.1 Å². The molecule has 1 aliphatic carbocycles. The van der Waals surface area contributed by atoms with Crippen molar-refractivity contribution in [1.82, 2.24) is 21.3 Å². The summed E-state index contributed by atoms with van der Waals surface area (Å²) in [6.45, 7) is 15.6. The highest BCUT2D eigenvalue weighted by Gasteiger charge is 2.33. The number of nitrogens with two attached hydrogens (primary N) is 1. The van der Waals surface area contributed by atoms with Gasteiger partial charge in [0.05, 0.1) is 0 Å². The molecule has 17 heteroatoms. The van der Waals surface area contributed by atoms with Gasteiger partial charge in [0.15, 0.2) is 17.5 Å². The minimum Gasteiger partial charge on any atom is -0.460 e. The summed E-state index contributed by atoms with van der Waals surface area (Å²) in [5, 5.41) is 10.5. The number of carbonyl (C=O) groups is 6. The Balaban J connectivity index is 2.12. The van der Waals surface area contributed by atoms with Crippen LogP contribution in [-0.2, 0) is 44.6 Å². The maximum Gasteiger partial charge on any atom is 0.329 e. The van der Waals surface area contributed by atoms with Gasteiger partial charge in [-0.1, -0.05) is 0 Å². The van der Waals surface area contributed by atoms with Crippen molar-refractivity contribution in [3.63, 3.8) is 0 Å². The number of hydrogen-bond donors (Lipinski definition) is 5. The van der Waals surface area contributed by atoms with Crippen LogP contribution < -0.4 is 27.0 Å². The van der Waals surface area contributed by atoms with E-state index >= 15 is 0 Å². The number of benzene rings is 1. The van der Waals surface area contributed by atoms with Crippen LogP contribution in [0.2, 0.25) is 0 Å². The van der Waals surface area contributed by atoms with Gasteiger partial charge in [0.25, 0.3) is 0 Å². The minimum atomic E-state index is -1.65. The smallest absolute Gasteiger partial charge is 0.329 e. The van der Waals surface area contributed by atoms with E-state index < -0.39 is 82.2 Å². The van der Waals surface area contributed by atoms with Crippen LogP contribution in [0.5, 0.6) is 0 Å². The highest BCUT2D eigenvalue weighted by atomic mass is 19.2. The summed E-state index contributed by atoms with van der Waals surface area (Å²) in [7, 11) is 0. The van der Waals surface area contributed by atoms with Crippen LogP contribution in [0.25, 0.3) is 0 Å². The molecule has 14 nitrogen and oxygen atoms in total. The van der Waals surface area contributed by atoms with Crippen molar-refractivity contribution in [1.29, 1.82) is 0 Å². The van der Waals surface area contributed by atoms with E-state index in [0.29, 0.717) is 25.3 Å². The van der Waals surface area contributed by atoms with Crippen molar-refractivity contribution in [2.75, 3.05) is 13.1 Å². The molecule has 0 aliphatic heterocycles. The second-order valence-electron chi connectivity index (χ2n) is 17.8. The molecule has 328 valence electrons. The van der Waals surface area contributed by atoms with Gasteiger partial charge in [-0.2, -0.15) is 0 Å². The van der Waals surface area contributed by atoms with Gasteiger partial charge in [0.1, 0.15) is 34.9 Å². The first-order valence-electron chi connectivity index (χ1n) is 19.9. The maximum absolute atomic E-state index is 14.1. The van der Waals surface area contributed by atoms with Crippen molar-refractivity contribution in [2.45, 2.75) is 161 Å². The van der Waals surface area contributed by atoms with Gasteiger partial charge in [0, 0.05) is 25.3 Å². The first-order valence-corrected chi connectivity index (χ1v) is 19.9. The summed E-state index contributed by atoms with van der Waals surface area (Å²) in [5.74, 6) is -7.74. The van der Waals surface area contributed by atoms with E-state index in [1.165, 1.54) is 0 Å². The molecule has 6 N–H and O–H groups in total. The lowest BCUT2D eigenvalue weighted by molar-refractivity contribution is -0.159. The van der Waals surface area contributed by atoms with Crippen LogP contribution in [0, 0.1) is 29.3 Å². The third kappa shape index (κ3) is 18.9. The van der Waals surface area contributed by atoms with Crippen LogP contribution in [-0.4, -0.2) is 83.8 Å². The quantitative estimate of drug-likeness (QED) is 0.0579. The Kier molecular flexibility index (Phi) is 18.9. The number of ether oxygens (including phenoxy) is 3. The van der Waals surface area contributed by atoms with Gasteiger partial charge in [-0.05, 0) is 144 Å². The molecule has 0 unspecified atom stereocenters. The predicted octanol–water partition coefficient (Wildman–Crippen LogP) is 5.02. The topological polar surface area (TPSA) is 204 Å². The molecule has 1 saturated carbocycles. The Hall–Kier alpha value is -4.41. The van der Waals surface area contributed by atoms with Crippen molar-refractivity contribution in [2.24, 2.45) is 17.6 Å². The Morgan fingerprint density at radius 3 is 1.69 bits per heavy atom. The molecular formula is C41H64F3N5O9. The second-order valence-corrected chi connectivity index (χ2v) is 17.8. The van der Waals surface area contributed by atoms with Gasteiger partial charge in [0.2, 0.25) is 11.8 Å². The SMILES string of the molecule is CC(C)(C)OC(=O)CC[C@H](NC(=O)N[C@@H](CCCCNC(=O)[C@H](Cc1cc(F)c(F)c(F)c1)NC(=O)C1CCC(CN)CC1)C(=O)OC(C)(C)C)C(=O)OC(C)(C)C. The Morgan fingerprint density at radius 2 is 1.21 bits per heavy atom. The van der Waals surface area contributed by atoms with E-state index in [4.69, 9.17) is 19.9 Å². The summed E-state index contributed by atoms with van der Waals surface area (Å²) in [5.41, 5.74) is 3.16. The molecule has 3 atom stereocenters. The zero-order valence-electron chi connectivity index (χ0n) is 35.4. The van der Waals surface area contributed by atoms with E-state index in [9.17, 15) is 41.9 Å². The number of carbonyl (C=O) groups excluding carboxylic acids is 6. The molecule has 4 amide bonds. The molecule has 1 aliphatic rings. The van der Waals surface area contributed by atoms with Crippen LogP contribution in [0.1, 0.15) is 126 Å². The molecule has 1 fully saturated rings. The van der Waals surface area contributed by atoms with E-state index in [0.717, 1.165) is 25.0 Å². The molecule has 0 aromatic heterocycles. The molecule has 0 bridgehead atoms. The summed E-state index contributed by atoms with van der Waals surface area (Å²) >= 11 is 0. The van der Waals surface area contributed by atoms with Crippen molar-refractivity contribution in [3.05, 3.63) is 35.1 Å². The van der Waals surface area contributed by atoms with Crippen LogP contribution in [0.3, 0.4) is 0 Å². The normalized spacial score (nSPS) is 17.5. The number of nitrogens with one attached hydrogen (secondary N) is 4. The third-order valence-electron chi connectivity index (χ3n) is 8.94. The number of hydrogen-bond acceptors (Lipinski definition) is 10. The summed E-state index contributed by atoms with van der Waals surface area (Å²) in [4.78, 5) is 78.5. The van der Waals surface area contributed by atoms with E-state index in [-0.39, 0.29) is 62.5 Å². The summed E-state index contributed by atoms with van der Waals surface area (Å²) in [6.07, 6.45) is 2.58. The molecule has 0 heterocycles. The molecule has 1 aromatic rings. The number of halogens is 3. The Morgan fingerprint density at radius 1 is 0.707 bits per heavy atom. The number of rotatable bonds is 18. The lowest BCUT2D eigenvalue weighted by Gasteiger charge is -2.28. The molecular weight excluding hydrogens is 763 g/mol. The molecule has 58 heavy (non-hydrogen) atoms. The fraction of sp³-hybridized carbons (Fsp3) is 0.707. The Labute approximate surface area is 340 Å². The zero-order valence-corrected chi connectivity index (χ0v) is 35.4. The van der Waals surface area contributed by atoms with Crippen molar-refractivity contribution < 1.29 is 56.1 Å². The van der Waals surface area contributed by atoms with Crippen molar-refractivity contribution in [3.8, 4) is 0 Å². The molecule has 0 radical (unpaired) electrons. The number of esters is 3. The van der Waals surface area contributed by atoms with E-state index in [1.54, 1.807) is 62.3 Å². The number of unbranched alkanes of at least 4 members (excludes halogenated alkanes) is 1.